The van der Waals surface area contributed by atoms with Gasteiger partial charge in [0.25, 0.3) is 0 Å². The number of carboxylic acid groups (broad SMARTS) is 1. The van der Waals surface area contributed by atoms with Crippen molar-refractivity contribution in [3.63, 3.8) is 0 Å². The maximum atomic E-state index is 12.3. The Morgan fingerprint density at radius 1 is 1.09 bits per heavy atom. The second-order valence-electron chi connectivity index (χ2n) is 8.12. The largest absolute Gasteiger partial charge is 0.479 e. The molecule has 8 heteroatoms. The fourth-order valence-electron chi connectivity index (χ4n) is 4.38. The van der Waals surface area contributed by atoms with Gasteiger partial charge in [0, 0.05) is 25.0 Å². The molecule has 8 nitrogen and oxygen atoms in total. The van der Waals surface area contributed by atoms with Crippen LogP contribution in [0, 0.1) is 5.92 Å². The smallest absolute Gasteiger partial charge is 0.407 e. The Morgan fingerprint density at radius 3 is 2.34 bits per heavy atom. The number of amides is 2. The molecule has 3 N–H and O–H groups in total. The zero-order valence-electron chi connectivity index (χ0n) is 17.7. The predicted octanol–water partition coefficient (Wildman–Crippen LogP) is 2.52. The minimum atomic E-state index is -1.04. The fourth-order valence-corrected chi connectivity index (χ4v) is 4.38. The molecule has 1 aliphatic heterocycles. The number of aliphatic carboxylic acids is 1. The van der Waals surface area contributed by atoms with E-state index >= 15 is 0 Å². The summed E-state index contributed by atoms with van der Waals surface area (Å²) in [5.74, 6) is -1.80. The van der Waals surface area contributed by atoms with Crippen molar-refractivity contribution in [2.75, 3.05) is 19.8 Å². The summed E-state index contributed by atoms with van der Waals surface area (Å²) in [6.45, 7) is 2.24. The van der Waals surface area contributed by atoms with Crippen molar-refractivity contribution in [3.8, 4) is 11.1 Å². The van der Waals surface area contributed by atoms with E-state index in [0.717, 1.165) is 22.3 Å². The van der Waals surface area contributed by atoms with E-state index in [9.17, 15) is 14.4 Å². The summed E-state index contributed by atoms with van der Waals surface area (Å²) >= 11 is 0. The molecule has 0 radical (unpaired) electrons. The normalized spacial score (nSPS) is 20.2. The first-order chi connectivity index (χ1) is 15.5. The number of carboxylic acids is 1. The maximum absolute atomic E-state index is 12.3. The highest BCUT2D eigenvalue weighted by Crippen LogP contribution is 2.44. The van der Waals surface area contributed by atoms with Gasteiger partial charge in [-0.15, -0.1) is 0 Å². The number of nitrogens with one attached hydrogen (secondary N) is 2. The van der Waals surface area contributed by atoms with E-state index in [-0.39, 0.29) is 25.0 Å². The van der Waals surface area contributed by atoms with Crippen LogP contribution in [-0.4, -0.2) is 55.0 Å². The molecule has 1 unspecified atom stereocenters. The highest BCUT2D eigenvalue weighted by Gasteiger charge is 2.34. The van der Waals surface area contributed by atoms with Gasteiger partial charge in [0.15, 0.2) is 6.10 Å². The third-order valence-electron chi connectivity index (χ3n) is 6.07. The number of hydrogen-bond acceptors (Lipinski definition) is 5. The summed E-state index contributed by atoms with van der Waals surface area (Å²) in [4.78, 5) is 35.8. The Hall–Kier alpha value is -3.39. The molecule has 4 rings (SSSR count). The van der Waals surface area contributed by atoms with E-state index in [4.69, 9.17) is 14.6 Å². The lowest BCUT2D eigenvalue weighted by Gasteiger charge is -2.19. The number of ether oxygens (including phenoxy) is 2. The van der Waals surface area contributed by atoms with Crippen LogP contribution in [-0.2, 0) is 19.1 Å². The minimum absolute atomic E-state index is 0.0624. The molecular formula is C24H26N2O6. The molecule has 32 heavy (non-hydrogen) atoms. The van der Waals surface area contributed by atoms with Crippen LogP contribution < -0.4 is 10.6 Å². The summed E-state index contributed by atoms with van der Waals surface area (Å²) in [6.07, 6.45) is -1.03. The molecule has 2 aliphatic rings. The van der Waals surface area contributed by atoms with Crippen molar-refractivity contribution in [3.05, 3.63) is 59.7 Å². The number of alkyl carbamates (subject to hydrolysis) is 1. The average Bonchev–Trinajstić information content (AvgIpc) is 3.39. The molecule has 168 valence electrons. The van der Waals surface area contributed by atoms with E-state index in [2.05, 4.69) is 22.8 Å². The van der Waals surface area contributed by atoms with Gasteiger partial charge in [0.1, 0.15) is 12.6 Å². The van der Waals surface area contributed by atoms with Crippen LogP contribution in [0.4, 0.5) is 4.79 Å². The molecule has 1 fully saturated rings. The third kappa shape index (κ3) is 4.45. The first-order valence-corrected chi connectivity index (χ1v) is 10.7. The molecule has 1 aliphatic carbocycles. The summed E-state index contributed by atoms with van der Waals surface area (Å²) in [7, 11) is 0. The van der Waals surface area contributed by atoms with Gasteiger partial charge in [-0.25, -0.2) is 9.59 Å². The number of rotatable bonds is 7. The molecule has 0 spiro atoms. The first kappa shape index (κ1) is 21.8. The van der Waals surface area contributed by atoms with Crippen LogP contribution >= 0.6 is 0 Å². The van der Waals surface area contributed by atoms with Crippen molar-refractivity contribution >= 4 is 18.0 Å². The first-order valence-electron chi connectivity index (χ1n) is 10.7. The fraction of sp³-hybridized carbons (Fsp3) is 0.375. The van der Waals surface area contributed by atoms with E-state index < -0.39 is 30.1 Å². The van der Waals surface area contributed by atoms with Gasteiger partial charge in [-0.05, 0) is 35.6 Å². The lowest BCUT2D eigenvalue weighted by molar-refractivity contribution is -0.149. The van der Waals surface area contributed by atoms with Crippen LogP contribution in [0.25, 0.3) is 11.1 Å². The lowest BCUT2D eigenvalue weighted by atomic mass is 9.98. The molecule has 2 aromatic carbocycles. The van der Waals surface area contributed by atoms with Crippen molar-refractivity contribution in [1.82, 2.24) is 10.6 Å². The summed E-state index contributed by atoms with van der Waals surface area (Å²) in [5, 5.41) is 14.4. The van der Waals surface area contributed by atoms with E-state index in [1.807, 2.05) is 36.4 Å². The molecule has 2 amide bonds. The minimum Gasteiger partial charge on any atom is -0.479 e. The molecule has 0 aromatic heterocycles. The Kier molecular flexibility index (Phi) is 6.41. The number of fused-ring (bicyclic) bond motifs is 3. The molecule has 1 heterocycles. The van der Waals surface area contributed by atoms with E-state index in [0.29, 0.717) is 13.0 Å². The standard InChI is InChI=1S/C24H26N2O6/c1-14(22(27)25-12-15-10-11-31-21(15)23(28)29)26-24(30)32-13-20-18-8-4-2-6-16(18)17-7-3-5-9-19(17)20/h2-9,14-15,20-21H,10-13H2,1H3,(H,25,27)(H,26,30)(H,28,29)/t14?,15-,21-/m0/s1. The Bertz CT molecular complexity index is 978. The number of benzene rings is 2. The van der Waals surface area contributed by atoms with Crippen LogP contribution in [0.15, 0.2) is 48.5 Å². The second-order valence-corrected chi connectivity index (χ2v) is 8.12. The topological polar surface area (TPSA) is 114 Å². The highest BCUT2D eigenvalue weighted by atomic mass is 16.5. The van der Waals surface area contributed by atoms with Gasteiger partial charge in [-0.2, -0.15) is 0 Å². The predicted molar refractivity (Wildman–Crippen MR) is 116 cm³/mol. The number of carbonyl (C=O) groups is 3. The quantitative estimate of drug-likeness (QED) is 0.612. The van der Waals surface area contributed by atoms with Crippen LogP contribution in [0.3, 0.4) is 0 Å². The van der Waals surface area contributed by atoms with Crippen LogP contribution in [0.1, 0.15) is 30.4 Å². The molecule has 2 aromatic rings. The molecule has 0 saturated carbocycles. The zero-order chi connectivity index (χ0) is 22.7. The third-order valence-corrected chi connectivity index (χ3v) is 6.07. The molecule has 0 bridgehead atoms. The molecule has 1 saturated heterocycles. The summed E-state index contributed by atoms with van der Waals surface area (Å²) < 4.78 is 10.6. The summed E-state index contributed by atoms with van der Waals surface area (Å²) in [5.41, 5.74) is 4.50. The van der Waals surface area contributed by atoms with Gasteiger partial charge in [0.05, 0.1) is 0 Å². The maximum Gasteiger partial charge on any atom is 0.407 e. The van der Waals surface area contributed by atoms with Crippen LogP contribution in [0.5, 0.6) is 0 Å². The summed E-state index contributed by atoms with van der Waals surface area (Å²) in [6, 6.07) is 15.3. The van der Waals surface area contributed by atoms with E-state index in [1.54, 1.807) is 6.92 Å². The zero-order valence-corrected chi connectivity index (χ0v) is 17.7. The Labute approximate surface area is 185 Å². The van der Waals surface area contributed by atoms with Crippen molar-refractivity contribution < 1.29 is 29.0 Å². The van der Waals surface area contributed by atoms with Gasteiger partial charge in [-0.1, -0.05) is 48.5 Å². The Morgan fingerprint density at radius 2 is 1.72 bits per heavy atom. The van der Waals surface area contributed by atoms with Crippen molar-refractivity contribution in [2.24, 2.45) is 5.92 Å². The average molecular weight is 438 g/mol. The van der Waals surface area contributed by atoms with Gasteiger partial charge in [0.2, 0.25) is 5.91 Å². The molecule has 3 atom stereocenters. The number of hydrogen-bond donors (Lipinski definition) is 3. The lowest BCUT2D eigenvalue weighted by Crippen LogP contribution is -2.47. The second kappa shape index (κ2) is 9.40. The Balaban J connectivity index is 1.29. The SMILES string of the molecule is CC(NC(=O)OCC1c2ccccc2-c2ccccc21)C(=O)NC[C@@H]1CCO[C@@H]1C(=O)O. The van der Waals surface area contributed by atoms with Crippen LogP contribution in [0.2, 0.25) is 0 Å². The van der Waals surface area contributed by atoms with Gasteiger partial charge >= 0.3 is 12.1 Å². The van der Waals surface area contributed by atoms with Crippen molar-refractivity contribution in [2.45, 2.75) is 31.4 Å². The highest BCUT2D eigenvalue weighted by molar-refractivity contribution is 5.85. The molecular weight excluding hydrogens is 412 g/mol. The number of carbonyl (C=O) groups excluding carboxylic acids is 2. The monoisotopic (exact) mass is 438 g/mol. The van der Waals surface area contributed by atoms with Crippen molar-refractivity contribution in [1.29, 1.82) is 0 Å². The van der Waals surface area contributed by atoms with Gasteiger partial charge < -0.3 is 25.2 Å². The van der Waals surface area contributed by atoms with Gasteiger partial charge in [-0.3, -0.25) is 4.79 Å². The van der Waals surface area contributed by atoms with E-state index in [1.165, 1.54) is 0 Å².